The molecule has 32 heavy (non-hydrogen) atoms. The molecule has 1 aromatic heterocycles. The van der Waals surface area contributed by atoms with Gasteiger partial charge in [0, 0.05) is 23.5 Å². The first kappa shape index (κ1) is 22.3. The molecule has 1 saturated heterocycles. The summed E-state index contributed by atoms with van der Waals surface area (Å²) in [4.78, 5) is 16.2. The summed E-state index contributed by atoms with van der Waals surface area (Å²) in [5.74, 6) is -1.22. The Morgan fingerprint density at radius 1 is 1.25 bits per heavy atom. The van der Waals surface area contributed by atoms with E-state index in [1.165, 1.54) is 23.5 Å². The standard InChI is InChI=1S/C23H23FN2O5S/c1-14-10-21(25-22-11-15(23(28)31-2)5-7-18(14)22)19-8-6-17(12-20(19)24)32(29,30)26-9-3-4-16(26)13-27/h5-8,10-12,16,27H,3-4,9,13H2,1-2H3/t16-/m0/s1. The third-order valence-corrected chi connectivity index (χ3v) is 7.74. The quantitative estimate of drug-likeness (QED) is 0.590. The van der Waals surface area contributed by atoms with Crippen molar-refractivity contribution in [2.75, 3.05) is 20.3 Å². The summed E-state index contributed by atoms with van der Waals surface area (Å²) in [5, 5.41) is 10.3. The number of aliphatic hydroxyl groups excluding tert-OH is 1. The average molecular weight is 459 g/mol. The van der Waals surface area contributed by atoms with Crippen LogP contribution in [0.1, 0.15) is 28.8 Å². The summed E-state index contributed by atoms with van der Waals surface area (Å²) in [5.41, 5.74) is 2.14. The Hall–Kier alpha value is -2.88. The van der Waals surface area contributed by atoms with Gasteiger partial charge in [0.1, 0.15) is 5.82 Å². The van der Waals surface area contributed by atoms with Gasteiger partial charge >= 0.3 is 5.97 Å². The topological polar surface area (TPSA) is 96.8 Å². The molecule has 1 aliphatic rings. The van der Waals surface area contributed by atoms with E-state index in [9.17, 15) is 18.3 Å². The molecule has 7 nitrogen and oxygen atoms in total. The maximum absolute atomic E-state index is 15.1. The highest BCUT2D eigenvalue weighted by atomic mass is 32.2. The normalized spacial score (nSPS) is 17.1. The molecule has 168 valence electrons. The SMILES string of the molecule is COC(=O)c1ccc2c(C)cc(-c3ccc(S(=O)(=O)N4CCC[C@H]4CO)cc3F)nc2c1. The molecule has 3 aromatic rings. The second kappa shape index (κ2) is 8.57. The first-order valence-electron chi connectivity index (χ1n) is 10.2. The summed E-state index contributed by atoms with van der Waals surface area (Å²) < 4.78 is 47.0. The highest BCUT2D eigenvalue weighted by molar-refractivity contribution is 7.89. The number of benzene rings is 2. The van der Waals surface area contributed by atoms with Gasteiger partial charge in [-0.2, -0.15) is 4.31 Å². The number of methoxy groups -OCH3 is 1. The molecule has 9 heteroatoms. The Kier molecular flexibility index (Phi) is 5.98. The number of esters is 1. The minimum Gasteiger partial charge on any atom is -0.465 e. The van der Waals surface area contributed by atoms with Gasteiger partial charge in [0.2, 0.25) is 10.0 Å². The third-order valence-electron chi connectivity index (χ3n) is 5.79. The molecular formula is C23H23FN2O5S. The summed E-state index contributed by atoms with van der Waals surface area (Å²) >= 11 is 0. The molecule has 0 spiro atoms. The van der Waals surface area contributed by atoms with Crippen LogP contribution in [0, 0.1) is 12.7 Å². The van der Waals surface area contributed by atoms with Gasteiger partial charge in [-0.1, -0.05) is 6.07 Å². The smallest absolute Gasteiger partial charge is 0.337 e. The largest absolute Gasteiger partial charge is 0.465 e. The highest BCUT2D eigenvalue weighted by Gasteiger charge is 2.35. The number of rotatable bonds is 5. The zero-order valence-electron chi connectivity index (χ0n) is 17.7. The molecule has 0 aliphatic carbocycles. The van der Waals surface area contributed by atoms with Gasteiger partial charge in [0.15, 0.2) is 0 Å². The van der Waals surface area contributed by atoms with Gasteiger partial charge in [-0.25, -0.2) is 22.6 Å². The number of carbonyl (C=O) groups is 1. The fourth-order valence-electron chi connectivity index (χ4n) is 4.09. The molecule has 0 saturated carbocycles. The number of sulfonamides is 1. The molecular weight excluding hydrogens is 435 g/mol. The van der Waals surface area contributed by atoms with Crippen LogP contribution in [0.2, 0.25) is 0 Å². The van der Waals surface area contributed by atoms with E-state index in [1.54, 1.807) is 24.3 Å². The Morgan fingerprint density at radius 2 is 2.03 bits per heavy atom. The molecule has 0 bridgehead atoms. The van der Waals surface area contributed by atoms with Crippen LogP contribution in [-0.4, -0.2) is 55.1 Å². The zero-order valence-corrected chi connectivity index (χ0v) is 18.5. The van der Waals surface area contributed by atoms with Crippen LogP contribution in [0.5, 0.6) is 0 Å². The zero-order chi connectivity index (χ0) is 23.0. The Labute approximate surface area is 185 Å². The predicted molar refractivity (Wildman–Crippen MR) is 117 cm³/mol. The molecule has 0 unspecified atom stereocenters. The van der Waals surface area contributed by atoms with Crippen LogP contribution in [0.4, 0.5) is 4.39 Å². The molecule has 1 atom stereocenters. The van der Waals surface area contributed by atoms with Gasteiger partial charge in [0.05, 0.1) is 35.4 Å². The maximum Gasteiger partial charge on any atom is 0.337 e. The number of aromatic nitrogens is 1. The van der Waals surface area contributed by atoms with Gasteiger partial charge < -0.3 is 9.84 Å². The Balaban J connectivity index is 1.75. The Morgan fingerprint density at radius 3 is 2.72 bits per heavy atom. The van der Waals surface area contributed by atoms with Crippen LogP contribution in [0.3, 0.4) is 0 Å². The molecule has 1 fully saturated rings. The maximum atomic E-state index is 15.1. The van der Waals surface area contributed by atoms with Gasteiger partial charge in [-0.05, 0) is 61.7 Å². The lowest BCUT2D eigenvalue weighted by Crippen LogP contribution is -2.37. The van der Waals surface area contributed by atoms with Crippen molar-refractivity contribution in [3.8, 4) is 11.3 Å². The van der Waals surface area contributed by atoms with Gasteiger partial charge in [-0.3, -0.25) is 0 Å². The van der Waals surface area contributed by atoms with Crippen LogP contribution >= 0.6 is 0 Å². The fraction of sp³-hybridized carbons (Fsp3) is 0.304. The van der Waals surface area contributed by atoms with E-state index in [-0.39, 0.29) is 17.1 Å². The number of hydrogen-bond donors (Lipinski definition) is 1. The predicted octanol–water partition coefficient (Wildman–Crippen LogP) is 3.28. The van der Waals surface area contributed by atoms with Crippen LogP contribution in [-0.2, 0) is 14.8 Å². The highest BCUT2D eigenvalue weighted by Crippen LogP contribution is 2.31. The minimum atomic E-state index is -3.92. The number of aliphatic hydroxyl groups is 1. The van der Waals surface area contributed by atoms with Crippen molar-refractivity contribution in [3.63, 3.8) is 0 Å². The van der Waals surface area contributed by atoms with Gasteiger partial charge in [-0.15, -0.1) is 0 Å². The molecule has 4 rings (SSSR count). The number of aryl methyl sites for hydroxylation is 1. The van der Waals surface area contributed by atoms with E-state index in [4.69, 9.17) is 4.74 Å². The summed E-state index contributed by atoms with van der Waals surface area (Å²) in [7, 11) is -2.63. The number of carbonyl (C=O) groups excluding carboxylic acids is 1. The third kappa shape index (κ3) is 3.87. The van der Waals surface area contributed by atoms with Gasteiger partial charge in [0.25, 0.3) is 0 Å². The van der Waals surface area contributed by atoms with Crippen molar-refractivity contribution in [2.45, 2.75) is 30.7 Å². The number of nitrogens with zero attached hydrogens (tertiary/aromatic N) is 2. The molecule has 0 radical (unpaired) electrons. The van der Waals surface area contributed by atoms with Crippen molar-refractivity contribution < 1.29 is 27.4 Å². The summed E-state index contributed by atoms with van der Waals surface area (Å²) in [6, 6.07) is 9.94. The molecule has 2 heterocycles. The van der Waals surface area contributed by atoms with Crippen molar-refractivity contribution in [1.29, 1.82) is 0 Å². The van der Waals surface area contributed by atoms with Crippen LogP contribution in [0.25, 0.3) is 22.2 Å². The van der Waals surface area contributed by atoms with E-state index in [0.717, 1.165) is 17.0 Å². The van der Waals surface area contributed by atoms with Crippen molar-refractivity contribution in [3.05, 3.63) is 59.4 Å². The van der Waals surface area contributed by atoms with E-state index in [1.807, 2.05) is 6.92 Å². The minimum absolute atomic E-state index is 0.151. The Bertz CT molecular complexity index is 1310. The second-order valence-electron chi connectivity index (χ2n) is 7.78. The number of halogens is 1. The lowest BCUT2D eigenvalue weighted by molar-refractivity contribution is 0.0601. The van der Waals surface area contributed by atoms with Crippen molar-refractivity contribution in [2.24, 2.45) is 0 Å². The van der Waals surface area contributed by atoms with E-state index in [0.29, 0.717) is 36.2 Å². The molecule has 2 aromatic carbocycles. The number of fused-ring (bicyclic) bond motifs is 1. The second-order valence-corrected chi connectivity index (χ2v) is 9.67. The van der Waals surface area contributed by atoms with E-state index in [2.05, 4.69) is 4.98 Å². The van der Waals surface area contributed by atoms with Crippen LogP contribution < -0.4 is 0 Å². The molecule has 0 amide bonds. The molecule has 1 N–H and O–H groups in total. The van der Waals surface area contributed by atoms with Crippen molar-refractivity contribution in [1.82, 2.24) is 9.29 Å². The van der Waals surface area contributed by atoms with Crippen molar-refractivity contribution >= 4 is 26.9 Å². The lowest BCUT2D eigenvalue weighted by atomic mass is 10.0. The van der Waals surface area contributed by atoms with Crippen LogP contribution in [0.15, 0.2) is 47.4 Å². The number of ether oxygens (including phenoxy) is 1. The monoisotopic (exact) mass is 458 g/mol. The summed E-state index contributed by atoms with van der Waals surface area (Å²) in [6.07, 6.45) is 1.23. The first-order valence-corrected chi connectivity index (χ1v) is 11.6. The number of pyridine rings is 1. The number of hydrogen-bond acceptors (Lipinski definition) is 6. The van der Waals surface area contributed by atoms with E-state index < -0.39 is 27.9 Å². The fourth-order valence-corrected chi connectivity index (χ4v) is 5.79. The first-order chi connectivity index (χ1) is 15.3. The lowest BCUT2D eigenvalue weighted by Gasteiger charge is -2.22. The van der Waals surface area contributed by atoms with E-state index >= 15 is 4.39 Å². The average Bonchev–Trinajstić information content (AvgIpc) is 3.28. The molecule has 1 aliphatic heterocycles. The summed E-state index contributed by atoms with van der Waals surface area (Å²) in [6.45, 7) is 1.88.